The lowest BCUT2D eigenvalue weighted by Gasteiger charge is -2.28. The fourth-order valence-corrected chi connectivity index (χ4v) is 4.84. The number of halogens is 1. The van der Waals surface area contributed by atoms with E-state index in [9.17, 15) is 13.2 Å². The molecule has 1 aliphatic heterocycles. The maximum absolute atomic E-state index is 13.3. The third-order valence-corrected chi connectivity index (χ3v) is 7.00. The Kier molecular flexibility index (Phi) is 6.62. The Morgan fingerprint density at radius 1 is 0.964 bits per heavy atom. The topological polar surface area (TPSA) is 57.7 Å². The van der Waals surface area contributed by atoms with Gasteiger partial charge in [-0.25, -0.2) is 8.42 Å². The maximum atomic E-state index is 13.3. The average Bonchev–Trinajstić information content (AvgIpc) is 2.96. The van der Waals surface area contributed by atoms with E-state index in [2.05, 4.69) is 0 Å². The number of hydrogen-bond donors (Lipinski definition) is 0. The first-order chi connectivity index (χ1) is 13.4. The van der Waals surface area contributed by atoms with Crippen molar-refractivity contribution in [1.82, 2.24) is 4.90 Å². The summed E-state index contributed by atoms with van der Waals surface area (Å²) in [7, 11) is -3.88. The van der Waals surface area contributed by atoms with E-state index in [1.807, 2.05) is 6.92 Å². The van der Waals surface area contributed by atoms with Gasteiger partial charge in [0, 0.05) is 18.1 Å². The highest BCUT2D eigenvalue weighted by molar-refractivity contribution is 7.92. The largest absolute Gasteiger partial charge is 0.341 e. The van der Waals surface area contributed by atoms with Crippen LogP contribution in [0.2, 0.25) is 5.02 Å². The molecule has 1 saturated heterocycles. The molecule has 0 spiro atoms. The highest BCUT2D eigenvalue weighted by Gasteiger charge is 2.29. The third kappa shape index (κ3) is 4.86. The van der Waals surface area contributed by atoms with E-state index < -0.39 is 10.0 Å². The van der Waals surface area contributed by atoms with E-state index in [0.29, 0.717) is 23.8 Å². The lowest BCUT2D eigenvalue weighted by molar-refractivity contribution is -0.129. The first-order valence-electron chi connectivity index (χ1n) is 9.51. The van der Waals surface area contributed by atoms with Crippen molar-refractivity contribution < 1.29 is 13.2 Å². The van der Waals surface area contributed by atoms with E-state index in [-0.39, 0.29) is 17.3 Å². The molecule has 2 aromatic carbocycles. The van der Waals surface area contributed by atoms with Crippen molar-refractivity contribution in [1.29, 1.82) is 0 Å². The van der Waals surface area contributed by atoms with Gasteiger partial charge < -0.3 is 4.90 Å². The normalized spacial score (nSPS) is 15.1. The average molecular weight is 421 g/mol. The van der Waals surface area contributed by atoms with Crippen molar-refractivity contribution in [2.75, 3.05) is 23.9 Å². The van der Waals surface area contributed by atoms with Crippen LogP contribution in [0.1, 0.15) is 31.2 Å². The van der Waals surface area contributed by atoms with Gasteiger partial charge in [-0.2, -0.15) is 0 Å². The zero-order valence-corrected chi connectivity index (χ0v) is 17.5. The summed E-state index contributed by atoms with van der Waals surface area (Å²) >= 11 is 5.97. The zero-order chi connectivity index (χ0) is 20.1. The van der Waals surface area contributed by atoms with Crippen molar-refractivity contribution >= 4 is 33.2 Å². The summed E-state index contributed by atoms with van der Waals surface area (Å²) in [4.78, 5) is 14.9. The lowest BCUT2D eigenvalue weighted by atomic mass is 10.2. The summed E-state index contributed by atoms with van der Waals surface area (Å²) in [5.41, 5.74) is 1.39. The minimum absolute atomic E-state index is 0.164. The SMILES string of the molecule is Cc1ccc(S(=O)(=O)N(CC(=O)N2CCCCCC2)c2ccc(Cl)cc2)cc1. The Morgan fingerprint density at radius 3 is 2.11 bits per heavy atom. The van der Waals surface area contributed by atoms with E-state index in [4.69, 9.17) is 11.6 Å². The molecule has 150 valence electrons. The van der Waals surface area contributed by atoms with Crippen LogP contribution >= 0.6 is 11.6 Å². The highest BCUT2D eigenvalue weighted by atomic mass is 35.5. The monoisotopic (exact) mass is 420 g/mol. The fourth-order valence-electron chi connectivity index (χ4n) is 3.30. The van der Waals surface area contributed by atoms with Gasteiger partial charge in [0.2, 0.25) is 5.91 Å². The minimum atomic E-state index is -3.88. The number of amides is 1. The van der Waals surface area contributed by atoms with Crippen LogP contribution in [0.25, 0.3) is 0 Å². The molecule has 1 heterocycles. The smallest absolute Gasteiger partial charge is 0.264 e. The molecule has 0 aliphatic carbocycles. The molecule has 1 amide bonds. The van der Waals surface area contributed by atoms with Gasteiger partial charge in [-0.05, 0) is 56.2 Å². The maximum Gasteiger partial charge on any atom is 0.264 e. The Balaban J connectivity index is 1.93. The molecule has 3 rings (SSSR count). The van der Waals surface area contributed by atoms with Crippen molar-refractivity contribution in [2.24, 2.45) is 0 Å². The van der Waals surface area contributed by atoms with Crippen LogP contribution in [-0.2, 0) is 14.8 Å². The van der Waals surface area contributed by atoms with E-state index in [1.165, 1.54) is 4.31 Å². The molecule has 1 fully saturated rings. The molecule has 0 saturated carbocycles. The van der Waals surface area contributed by atoms with Crippen LogP contribution in [-0.4, -0.2) is 38.9 Å². The van der Waals surface area contributed by atoms with Crippen molar-refractivity contribution in [2.45, 2.75) is 37.5 Å². The number of benzene rings is 2. The Morgan fingerprint density at radius 2 is 1.54 bits per heavy atom. The van der Waals surface area contributed by atoms with E-state index >= 15 is 0 Å². The summed E-state index contributed by atoms with van der Waals surface area (Å²) < 4.78 is 27.9. The fraction of sp³-hybridized carbons (Fsp3) is 0.381. The zero-order valence-electron chi connectivity index (χ0n) is 16.0. The lowest BCUT2D eigenvalue weighted by Crippen LogP contribution is -2.43. The molecule has 28 heavy (non-hydrogen) atoms. The van der Waals surface area contributed by atoms with Crippen molar-refractivity contribution in [3.8, 4) is 0 Å². The molecule has 0 atom stereocenters. The van der Waals surface area contributed by atoms with Crippen molar-refractivity contribution in [3.63, 3.8) is 0 Å². The number of anilines is 1. The molecule has 0 unspecified atom stereocenters. The number of sulfonamides is 1. The molecular weight excluding hydrogens is 396 g/mol. The standard InChI is InChI=1S/C21H25ClN2O3S/c1-17-6-12-20(13-7-17)28(26,27)24(19-10-8-18(22)9-11-19)16-21(25)23-14-4-2-3-5-15-23/h6-13H,2-5,14-16H2,1H3. The van der Waals surface area contributed by atoms with Crippen LogP contribution < -0.4 is 4.31 Å². The van der Waals surface area contributed by atoms with Gasteiger partial charge >= 0.3 is 0 Å². The van der Waals surface area contributed by atoms with Crippen LogP contribution in [0.4, 0.5) is 5.69 Å². The second-order valence-corrected chi connectivity index (χ2v) is 9.39. The molecule has 2 aromatic rings. The first-order valence-corrected chi connectivity index (χ1v) is 11.3. The van der Waals surface area contributed by atoms with Crippen LogP contribution in [0.15, 0.2) is 53.4 Å². The van der Waals surface area contributed by atoms with Gasteiger partial charge in [0.1, 0.15) is 6.54 Å². The molecule has 5 nitrogen and oxygen atoms in total. The van der Waals surface area contributed by atoms with Gasteiger partial charge in [0.15, 0.2) is 0 Å². The predicted octanol–water partition coefficient (Wildman–Crippen LogP) is 4.25. The molecule has 0 radical (unpaired) electrons. The van der Waals surface area contributed by atoms with Gasteiger partial charge in [-0.3, -0.25) is 9.10 Å². The van der Waals surface area contributed by atoms with E-state index in [0.717, 1.165) is 31.2 Å². The molecular formula is C21H25ClN2O3S. The molecule has 0 bridgehead atoms. The number of hydrogen-bond acceptors (Lipinski definition) is 3. The number of rotatable bonds is 5. The number of aryl methyl sites for hydroxylation is 1. The van der Waals surface area contributed by atoms with Gasteiger partial charge in [-0.1, -0.05) is 42.1 Å². The van der Waals surface area contributed by atoms with Crippen LogP contribution in [0, 0.1) is 6.92 Å². The molecule has 0 N–H and O–H groups in total. The summed E-state index contributed by atoms with van der Waals surface area (Å²) in [6.07, 6.45) is 4.12. The highest BCUT2D eigenvalue weighted by Crippen LogP contribution is 2.26. The number of carbonyl (C=O) groups excluding carboxylic acids is 1. The Bertz CT molecular complexity index is 904. The Labute approximate surface area is 172 Å². The molecule has 1 aliphatic rings. The summed E-state index contributed by atoms with van der Waals surface area (Å²) in [5.74, 6) is -0.174. The first kappa shape index (κ1) is 20.7. The van der Waals surface area contributed by atoms with Gasteiger partial charge in [-0.15, -0.1) is 0 Å². The minimum Gasteiger partial charge on any atom is -0.341 e. The number of likely N-dealkylation sites (tertiary alicyclic amines) is 1. The van der Waals surface area contributed by atoms with E-state index in [1.54, 1.807) is 53.4 Å². The number of carbonyl (C=O) groups is 1. The quantitative estimate of drug-likeness (QED) is 0.726. The third-order valence-electron chi connectivity index (χ3n) is 4.96. The summed E-state index contributed by atoms with van der Waals surface area (Å²) in [6, 6.07) is 13.2. The summed E-state index contributed by atoms with van der Waals surface area (Å²) in [5, 5.41) is 0.510. The summed E-state index contributed by atoms with van der Waals surface area (Å²) in [6.45, 7) is 3.03. The number of nitrogens with zero attached hydrogens (tertiary/aromatic N) is 2. The Hall–Kier alpha value is -2.05. The second kappa shape index (κ2) is 8.97. The van der Waals surface area contributed by atoms with Crippen molar-refractivity contribution in [3.05, 3.63) is 59.1 Å². The van der Waals surface area contributed by atoms with Gasteiger partial charge in [0.25, 0.3) is 10.0 Å². The molecule has 0 aromatic heterocycles. The van der Waals surface area contributed by atoms with Crippen LogP contribution in [0.5, 0.6) is 0 Å². The second-order valence-electron chi connectivity index (χ2n) is 7.10. The molecule has 7 heteroatoms. The van der Waals surface area contributed by atoms with Gasteiger partial charge in [0.05, 0.1) is 10.6 Å². The predicted molar refractivity (Wildman–Crippen MR) is 112 cm³/mol. The van der Waals surface area contributed by atoms with Crippen LogP contribution in [0.3, 0.4) is 0 Å².